The molecule has 0 radical (unpaired) electrons. The fourth-order valence-electron chi connectivity index (χ4n) is 2.70. The molecule has 4 heteroatoms. The first-order valence-corrected chi connectivity index (χ1v) is 9.80. The SMILES string of the molecule is CCc1cccc(OC(C)(C)C(=O)OC(C)(C)C)c1.NC1CCCCC1. The summed E-state index contributed by atoms with van der Waals surface area (Å²) in [5.41, 5.74) is 5.30. The quantitative estimate of drug-likeness (QED) is 0.763. The first-order valence-electron chi connectivity index (χ1n) is 9.80. The lowest BCUT2D eigenvalue weighted by atomic mass is 9.97. The van der Waals surface area contributed by atoms with Crippen LogP contribution in [0.4, 0.5) is 0 Å². The molecular weight excluding hydrogens is 326 g/mol. The monoisotopic (exact) mass is 363 g/mol. The van der Waals surface area contributed by atoms with E-state index in [0.29, 0.717) is 11.8 Å². The summed E-state index contributed by atoms with van der Waals surface area (Å²) in [6, 6.07) is 8.30. The largest absolute Gasteiger partial charge is 0.476 e. The van der Waals surface area contributed by atoms with Gasteiger partial charge in [-0.15, -0.1) is 0 Å². The van der Waals surface area contributed by atoms with Crippen LogP contribution in [0.25, 0.3) is 0 Å². The Hall–Kier alpha value is -1.55. The van der Waals surface area contributed by atoms with Gasteiger partial charge in [-0.2, -0.15) is 0 Å². The highest BCUT2D eigenvalue weighted by Crippen LogP contribution is 2.23. The number of ether oxygens (including phenoxy) is 2. The maximum Gasteiger partial charge on any atom is 0.350 e. The van der Waals surface area contributed by atoms with Crippen LogP contribution in [-0.2, 0) is 16.0 Å². The van der Waals surface area contributed by atoms with Crippen molar-refractivity contribution < 1.29 is 14.3 Å². The average molecular weight is 364 g/mol. The topological polar surface area (TPSA) is 61.5 Å². The van der Waals surface area contributed by atoms with Gasteiger partial charge in [-0.25, -0.2) is 4.79 Å². The van der Waals surface area contributed by atoms with Gasteiger partial charge >= 0.3 is 5.97 Å². The zero-order chi connectivity index (χ0) is 19.8. The van der Waals surface area contributed by atoms with Crippen LogP contribution < -0.4 is 10.5 Å². The number of benzene rings is 1. The standard InChI is InChI=1S/C16H24O3.C6H13N/c1-7-12-9-8-10-13(11-12)18-16(5,6)14(17)19-15(2,3)4;7-6-4-2-1-3-5-6/h8-11H,7H2,1-6H3;6H,1-5,7H2. The third-order valence-electron chi connectivity index (χ3n) is 4.22. The summed E-state index contributed by atoms with van der Waals surface area (Å²) in [5, 5.41) is 0. The van der Waals surface area contributed by atoms with Crippen molar-refractivity contribution in [1.82, 2.24) is 0 Å². The van der Waals surface area contributed by atoms with Gasteiger partial charge in [0.2, 0.25) is 0 Å². The highest BCUT2D eigenvalue weighted by Gasteiger charge is 2.34. The summed E-state index contributed by atoms with van der Waals surface area (Å²) >= 11 is 0. The third kappa shape index (κ3) is 8.70. The fourth-order valence-corrected chi connectivity index (χ4v) is 2.70. The summed E-state index contributed by atoms with van der Waals surface area (Å²) in [4.78, 5) is 12.1. The smallest absolute Gasteiger partial charge is 0.350 e. The lowest BCUT2D eigenvalue weighted by Gasteiger charge is -2.29. The van der Waals surface area contributed by atoms with Gasteiger partial charge in [-0.3, -0.25) is 0 Å². The highest BCUT2D eigenvalue weighted by molar-refractivity contribution is 5.79. The third-order valence-corrected chi connectivity index (χ3v) is 4.22. The van der Waals surface area contributed by atoms with Crippen molar-refractivity contribution in [1.29, 1.82) is 0 Å². The van der Waals surface area contributed by atoms with Crippen LogP contribution in [-0.4, -0.2) is 23.2 Å². The summed E-state index contributed by atoms with van der Waals surface area (Å²) in [6.07, 6.45) is 7.60. The number of carbonyl (C=O) groups is 1. The van der Waals surface area contributed by atoms with Crippen LogP contribution in [0.15, 0.2) is 24.3 Å². The van der Waals surface area contributed by atoms with Crippen LogP contribution in [0.5, 0.6) is 5.75 Å². The van der Waals surface area contributed by atoms with E-state index in [1.807, 2.05) is 45.0 Å². The lowest BCUT2D eigenvalue weighted by molar-refractivity contribution is -0.170. The number of hydrogen-bond donors (Lipinski definition) is 1. The minimum Gasteiger partial charge on any atom is -0.476 e. The van der Waals surface area contributed by atoms with Crippen molar-refractivity contribution in [2.75, 3.05) is 0 Å². The van der Waals surface area contributed by atoms with Crippen molar-refractivity contribution in [3.63, 3.8) is 0 Å². The number of carbonyl (C=O) groups excluding carboxylic acids is 1. The second-order valence-corrected chi connectivity index (χ2v) is 8.51. The number of hydrogen-bond acceptors (Lipinski definition) is 4. The maximum absolute atomic E-state index is 12.1. The molecule has 0 aromatic heterocycles. The molecule has 0 saturated heterocycles. The minimum absolute atomic E-state index is 0.359. The van der Waals surface area contributed by atoms with Crippen molar-refractivity contribution in [2.24, 2.45) is 5.73 Å². The van der Waals surface area contributed by atoms with E-state index < -0.39 is 11.2 Å². The lowest BCUT2D eigenvalue weighted by Crippen LogP contribution is -2.43. The molecular formula is C22H37NO3. The van der Waals surface area contributed by atoms with Gasteiger partial charge in [0, 0.05) is 6.04 Å². The summed E-state index contributed by atoms with van der Waals surface area (Å²) < 4.78 is 11.1. The molecule has 0 unspecified atom stereocenters. The molecule has 0 bridgehead atoms. The van der Waals surface area contributed by atoms with Gasteiger partial charge in [0.15, 0.2) is 5.60 Å². The number of rotatable bonds is 4. The molecule has 1 aromatic rings. The zero-order valence-electron chi connectivity index (χ0n) is 17.4. The minimum atomic E-state index is -1.00. The van der Waals surface area contributed by atoms with E-state index in [-0.39, 0.29) is 5.97 Å². The van der Waals surface area contributed by atoms with Crippen molar-refractivity contribution in [2.45, 2.75) is 97.3 Å². The van der Waals surface area contributed by atoms with E-state index in [1.165, 1.54) is 37.7 Å². The molecule has 0 aliphatic heterocycles. The van der Waals surface area contributed by atoms with Crippen molar-refractivity contribution in [3.8, 4) is 5.75 Å². The van der Waals surface area contributed by atoms with Crippen molar-refractivity contribution >= 4 is 5.97 Å². The molecule has 1 aliphatic rings. The van der Waals surface area contributed by atoms with Crippen LogP contribution in [0.2, 0.25) is 0 Å². The van der Waals surface area contributed by atoms with Crippen molar-refractivity contribution in [3.05, 3.63) is 29.8 Å². The van der Waals surface area contributed by atoms with Gasteiger partial charge in [0.25, 0.3) is 0 Å². The van der Waals surface area contributed by atoms with E-state index in [0.717, 1.165) is 6.42 Å². The van der Waals surface area contributed by atoms with Crippen LogP contribution in [0.1, 0.15) is 79.2 Å². The van der Waals surface area contributed by atoms with Crippen LogP contribution >= 0.6 is 0 Å². The summed E-state index contributed by atoms with van der Waals surface area (Å²) in [5.74, 6) is 0.331. The Morgan fingerprint density at radius 2 is 1.73 bits per heavy atom. The molecule has 1 fully saturated rings. The Morgan fingerprint density at radius 1 is 1.12 bits per heavy atom. The van der Waals surface area contributed by atoms with E-state index in [1.54, 1.807) is 13.8 Å². The predicted octanol–water partition coefficient (Wildman–Crippen LogP) is 5.03. The predicted molar refractivity (Wildman–Crippen MR) is 107 cm³/mol. The molecule has 2 rings (SSSR count). The molecule has 4 nitrogen and oxygen atoms in total. The molecule has 1 saturated carbocycles. The molecule has 0 amide bonds. The van der Waals surface area contributed by atoms with Gasteiger partial charge in [0.1, 0.15) is 11.4 Å². The first-order chi connectivity index (χ1) is 12.0. The second kappa shape index (κ2) is 9.96. The van der Waals surface area contributed by atoms with E-state index in [4.69, 9.17) is 15.2 Å². The zero-order valence-corrected chi connectivity index (χ0v) is 17.4. The Balaban J connectivity index is 0.000000401. The molecule has 1 aliphatic carbocycles. The number of aryl methyl sites for hydroxylation is 1. The molecule has 148 valence electrons. The molecule has 0 heterocycles. The fraction of sp³-hybridized carbons (Fsp3) is 0.682. The second-order valence-electron chi connectivity index (χ2n) is 8.51. The molecule has 0 atom stereocenters. The van der Waals surface area contributed by atoms with E-state index >= 15 is 0 Å². The summed E-state index contributed by atoms with van der Waals surface area (Å²) in [6.45, 7) is 11.1. The average Bonchev–Trinajstić information content (AvgIpc) is 2.54. The van der Waals surface area contributed by atoms with Gasteiger partial charge < -0.3 is 15.2 Å². The Labute approximate surface area is 159 Å². The molecule has 1 aromatic carbocycles. The Kier molecular flexibility index (Phi) is 8.61. The highest BCUT2D eigenvalue weighted by atomic mass is 16.6. The number of nitrogens with two attached hydrogens (primary N) is 1. The van der Waals surface area contributed by atoms with Crippen LogP contribution in [0.3, 0.4) is 0 Å². The van der Waals surface area contributed by atoms with E-state index in [9.17, 15) is 4.79 Å². The summed E-state index contributed by atoms with van der Waals surface area (Å²) in [7, 11) is 0. The number of esters is 1. The normalized spacial score (nSPS) is 15.7. The molecule has 0 spiro atoms. The maximum atomic E-state index is 12.1. The molecule has 26 heavy (non-hydrogen) atoms. The Morgan fingerprint density at radius 3 is 2.19 bits per heavy atom. The van der Waals surface area contributed by atoms with Crippen LogP contribution in [0, 0.1) is 0 Å². The molecule has 2 N–H and O–H groups in total. The van der Waals surface area contributed by atoms with Gasteiger partial charge in [-0.05, 0) is 71.6 Å². The first kappa shape index (κ1) is 22.5. The van der Waals surface area contributed by atoms with E-state index in [2.05, 4.69) is 6.92 Å². The van der Waals surface area contributed by atoms with Gasteiger partial charge in [0.05, 0.1) is 0 Å². The van der Waals surface area contributed by atoms with Gasteiger partial charge in [-0.1, -0.05) is 38.3 Å². The Bertz CT molecular complexity index is 555.